The molecule has 0 bridgehead atoms. The van der Waals surface area contributed by atoms with Crippen molar-refractivity contribution in [3.8, 4) is 0 Å². The van der Waals surface area contributed by atoms with E-state index in [0.717, 1.165) is 12.2 Å². The fourth-order valence-corrected chi connectivity index (χ4v) is 9.81. The first kappa shape index (κ1) is 23.2. The number of aromatic nitrogens is 1. The van der Waals surface area contributed by atoms with Crippen molar-refractivity contribution >= 4 is 77.6 Å². The minimum Gasteiger partial charge on any atom is -0.351 e. The second-order valence-electron chi connectivity index (χ2n) is 9.71. The summed E-state index contributed by atoms with van der Waals surface area (Å²) in [7, 11) is 0. The highest BCUT2D eigenvalue weighted by atomic mass is 32.4. The van der Waals surface area contributed by atoms with Gasteiger partial charge >= 0.3 is 0 Å². The molecular formula is C34H27N2PS. The van der Waals surface area contributed by atoms with Gasteiger partial charge in [-0.25, -0.2) is 0 Å². The lowest BCUT2D eigenvalue weighted by Crippen LogP contribution is -2.23. The fraction of sp³-hybridized carbons (Fsp3) is 0.0588. The number of fused-ring (bicyclic) bond motifs is 5. The predicted octanol–water partition coefficient (Wildman–Crippen LogP) is 8.58. The zero-order chi connectivity index (χ0) is 25.7. The molecule has 0 unspecified atom stereocenters. The van der Waals surface area contributed by atoms with Gasteiger partial charge in [-0.2, -0.15) is 0 Å². The Morgan fingerprint density at radius 2 is 1.11 bits per heavy atom. The highest BCUT2D eigenvalue weighted by Gasteiger charge is 2.27. The van der Waals surface area contributed by atoms with Crippen LogP contribution in [-0.2, 0) is 18.4 Å². The van der Waals surface area contributed by atoms with Crippen LogP contribution in [0.5, 0.6) is 0 Å². The zero-order valence-corrected chi connectivity index (χ0v) is 22.8. The summed E-state index contributed by atoms with van der Waals surface area (Å²) in [5.74, 6) is 0. The third kappa shape index (κ3) is 3.58. The molecule has 0 fully saturated rings. The Morgan fingerprint density at radius 1 is 0.579 bits per heavy atom. The molecule has 1 N–H and O–H groups in total. The summed E-state index contributed by atoms with van der Waals surface area (Å²) in [5, 5.41) is 13.7. The van der Waals surface area contributed by atoms with Gasteiger partial charge in [0.15, 0.2) is 0 Å². The standard InChI is InChI=1S/C34H27N2PS/c1-2-36-31-18-8-7-17-29(31)30-23-26(21-22-32(30)36)35-37(38,33-19-9-13-24-11-3-5-15-27(24)33)34-20-10-14-25-12-4-6-16-28(25)34/h3-23H,2H2,1H3,(H,35,38). The van der Waals surface area contributed by atoms with Crippen LogP contribution in [0.3, 0.4) is 0 Å². The van der Waals surface area contributed by atoms with Crippen molar-refractivity contribution in [2.75, 3.05) is 5.09 Å². The number of anilines is 1. The molecule has 0 amide bonds. The van der Waals surface area contributed by atoms with Gasteiger partial charge in [0.25, 0.3) is 0 Å². The zero-order valence-electron chi connectivity index (χ0n) is 21.1. The van der Waals surface area contributed by atoms with Crippen molar-refractivity contribution in [3.05, 3.63) is 127 Å². The van der Waals surface area contributed by atoms with E-state index in [9.17, 15) is 0 Å². The molecule has 2 nitrogen and oxygen atoms in total. The normalized spacial score (nSPS) is 12.0. The molecule has 0 aliphatic heterocycles. The molecule has 0 radical (unpaired) electrons. The molecular weight excluding hydrogens is 499 g/mol. The number of nitrogens with one attached hydrogen (secondary N) is 1. The summed E-state index contributed by atoms with van der Waals surface area (Å²) in [6.07, 6.45) is -2.50. The van der Waals surface area contributed by atoms with E-state index in [1.54, 1.807) is 0 Å². The maximum absolute atomic E-state index is 6.81. The summed E-state index contributed by atoms with van der Waals surface area (Å²) < 4.78 is 2.39. The highest BCUT2D eigenvalue weighted by Crippen LogP contribution is 2.48. The lowest BCUT2D eigenvalue weighted by molar-refractivity contribution is 0.827. The van der Waals surface area contributed by atoms with E-state index < -0.39 is 6.19 Å². The predicted molar refractivity (Wildman–Crippen MR) is 170 cm³/mol. The lowest BCUT2D eigenvalue weighted by Gasteiger charge is -2.28. The summed E-state index contributed by atoms with van der Waals surface area (Å²) >= 11 is 6.81. The minimum atomic E-state index is -2.50. The van der Waals surface area contributed by atoms with Crippen molar-refractivity contribution in [2.45, 2.75) is 13.5 Å². The molecule has 0 saturated carbocycles. The van der Waals surface area contributed by atoms with Gasteiger partial charge in [-0.1, -0.05) is 115 Å². The van der Waals surface area contributed by atoms with Crippen LogP contribution in [0.2, 0.25) is 0 Å². The number of para-hydroxylation sites is 1. The first-order valence-corrected chi connectivity index (χ1v) is 15.8. The molecule has 0 saturated heterocycles. The summed E-state index contributed by atoms with van der Waals surface area (Å²) in [5.41, 5.74) is 3.58. The van der Waals surface area contributed by atoms with Gasteiger partial charge in [-0.05, 0) is 52.7 Å². The van der Waals surface area contributed by atoms with Crippen LogP contribution in [0, 0.1) is 0 Å². The van der Waals surface area contributed by atoms with Gasteiger partial charge in [-0.3, -0.25) is 0 Å². The average molecular weight is 527 g/mol. The van der Waals surface area contributed by atoms with Crippen LogP contribution >= 0.6 is 6.19 Å². The molecule has 7 aromatic rings. The van der Waals surface area contributed by atoms with Crippen molar-refractivity contribution < 1.29 is 0 Å². The van der Waals surface area contributed by atoms with Crippen molar-refractivity contribution in [1.29, 1.82) is 0 Å². The van der Waals surface area contributed by atoms with E-state index in [2.05, 4.69) is 144 Å². The molecule has 6 aromatic carbocycles. The number of hydrogen-bond donors (Lipinski definition) is 1. The monoisotopic (exact) mass is 526 g/mol. The van der Waals surface area contributed by atoms with Gasteiger partial charge in [0.1, 0.15) is 0 Å². The Kier molecular flexibility index (Phi) is 5.58. The molecule has 1 aromatic heterocycles. The number of aryl methyl sites for hydroxylation is 1. The second kappa shape index (κ2) is 9.13. The van der Waals surface area contributed by atoms with Crippen LogP contribution in [-0.4, -0.2) is 4.57 Å². The van der Waals surface area contributed by atoms with E-state index in [-0.39, 0.29) is 0 Å². The van der Waals surface area contributed by atoms with E-state index in [1.807, 2.05) is 0 Å². The van der Waals surface area contributed by atoms with Crippen LogP contribution < -0.4 is 15.7 Å². The van der Waals surface area contributed by atoms with Crippen molar-refractivity contribution in [2.24, 2.45) is 0 Å². The molecule has 1 heterocycles. The molecule has 184 valence electrons. The topological polar surface area (TPSA) is 17.0 Å². The van der Waals surface area contributed by atoms with Gasteiger partial charge in [0.05, 0.1) is 6.19 Å². The molecule has 38 heavy (non-hydrogen) atoms. The summed E-state index contributed by atoms with van der Waals surface area (Å²) in [4.78, 5) is 0. The Bertz CT molecular complexity index is 1940. The summed E-state index contributed by atoms with van der Waals surface area (Å²) in [6.45, 7) is 3.14. The Labute approximate surface area is 227 Å². The third-order valence-corrected chi connectivity index (χ3v) is 11.8. The summed E-state index contributed by atoms with van der Waals surface area (Å²) in [6, 6.07) is 45.7. The van der Waals surface area contributed by atoms with Crippen LogP contribution in [0.15, 0.2) is 127 Å². The number of rotatable bonds is 5. The molecule has 4 heteroatoms. The SMILES string of the molecule is CCn1c2ccccc2c2cc(NP(=S)(c3cccc4ccccc34)c3cccc4ccccc34)ccc21. The second-order valence-corrected chi connectivity index (χ2v) is 13.8. The van der Waals surface area contributed by atoms with E-state index >= 15 is 0 Å². The highest BCUT2D eigenvalue weighted by molar-refractivity contribution is 8.23. The lowest BCUT2D eigenvalue weighted by atomic mass is 10.1. The Balaban J connectivity index is 1.50. The first-order chi connectivity index (χ1) is 18.7. The number of nitrogens with zero attached hydrogens (tertiary/aromatic N) is 1. The van der Waals surface area contributed by atoms with E-state index in [0.29, 0.717) is 0 Å². The van der Waals surface area contributed by atoms with Crippen LogP contribution in [0.25, 0.3) is 43.4 Å². The Hall–Kier alpha value is -3.91. The van der Waals surface area contributed by atoms with Crippen LogP contribution in [0.1, 0.15) is 6.92 Å². The van der Waals surface area contributed by atoms with Crippen molar-refractivity contribution in [3.63, 3.8) is 0 Å². The largest absolute Gasteiger partial charge is 0.351 e. The van der Waals surface area contributed by atoms with Gasteiger partial charge in [0.2, 0.25) is 0 Å². The molecule has 0 aliphatic carbocycles. The van der Waals surface area contributed by atoms with E-state index in [1.165, 1.54) is 54.0 Å². The molecule has 0 atom stereocenters. The minimum absolute atomic E-state index is 0.931. The third-order valence-electron chi connectivity index (χ3n) is 7.59. The van der Waals surface area contributed by atoms with Crippen LogP contribution in [0.4, 0.5) is 5.69 Å². The van der Waals surface area contributed by atoms with Gasteiger partial charge in [0, 0.05) is 44.6 Å². The van der Waals surface area contributed by atoms with Gasteiger partial charge in [-0.15, -0.1) is 0 Å². The number of hydrogen-bond acceptors (Lipinski definition) is 1. The maximum Gasteiger partial charge on any atom is 0.0916 e. The van der Waals surface area contributed by atoms with Crippen molar-refractivity contribution in [1.82, 2.24) is 4.57 Å². The van der Waals surface area contributed by atoms with Gasteiger partial charge < -0.3 is 9.65 Å². The average Bonchev–Trinajstić information content (AvgIpc) is 3.29. The Morgan fingerprint density at radius 3 is 1.74 bits per heavy atom. The number of benzene rings is 6. The van der Waals surface area contributed by atoms with E-state index in [4.69, 9.17) is 11.8 Å². The molecule has 7 rings (SSSR count). The molecule has 0 aliphatic rings. The quantitative estimate of drug-likeness (QED) is 0.226. The smallest absolute Gasteiger partial charge is 0.0916 e. The first-order valence-electron chi connectivity index (χ1n) is 13.0. The maximum atomic E-state index is 6.81. The fourth-order valence-electron chi connectivity index (χ4n) is 5.86. The molecule has 0 spiro atoms.